The van der Waals surface area contributed by atoms with E-state index in [0.29, 0.717) is 0 Å². The highest BCUT2D eigenvalue weighted by Crippen LogP contribution is 2.03. The number of amides is 3. The molecule has 0 saturated carbocycles. The predicted octanol–water partition coefficient (Wildman–Crippen LogP) is -1.19. The Morgan fingerprint density at radius 1 is 1.20 bits per heavy atom. The summed E-state index contributed by atoms with van der Waals surface area (Å²) in [5.41, 5.74) is 4.88. The van der Waals surface area contributed by atoms with Crippen LogP contribution in [-0.2, 0) is 19.1 Å². The second-order valence-electron chi connectivity index (χ2n) is 4.42. The van der Waals surface area contributed by atoms with Crippen LogP contribution in [0.2, 0.25) is 0 Å². The van der Waals surface area contributed by atoms with Crippen molar-refractivity contribution in [3.05, 3.63) is 0 Å². The minimum atomic E-state index is -1.46. The van der Waals surface area contributed by atoms with Crippen molar-refractivity contribution in [2.75, 3.05) is 7.11 Å². The summed E-state index contributed by atoms with van der Waals surface area (Å²) in [6.07, 6.45) is -0.548. The van der Waals surface area contributed by atoms with Crippen LogP contribution >= 0.6 is 0 Å². The summed E-state index contributed by atoms with van der Waals surface area (Å²) >= 11 is 0. The molecule has 114 valence electrons. The van der Waals surface area contributed by atoms with E-state index in [1.165, 1.54) is 7.11 Å². The Bertz CT molecular complexity index is 396. The van der Waals surface area contributed by atoms with Crippen LogP contribution in [0.5, 0.6) is 0 Å². The van der Waals surface area contributed by atoms with E-state index < -0.39 is 42.4 Å². The molecule has 9 nitrogen and oxygen atoms in total. The first-order chi connectivity index (χ1) is 9.18. The van der Waals surface area contributed by atoms with Gasteiger partial charge in [0.15, 0.2) is 0 Å². The van der Waals surface area contributed by atoms with Crippen molar-refractivity contribution in [2.24, 2.45) is 11.7 Å². The van der Waals surface area contributed by atoms with Crippen LogP contribution in [0.3, 0.4) is 0 Å². The topological polar surface area (TPSA) is 148 Å². The van der Waals surface area contributed by atoms with Gasteiger partial charge in [0.25, 0.3) is 0 Å². The lowest BCUT2D eigenvalue weighted by atomic mass is 10.1. The fourth-order valence-corrected chi connectivity index (χ4v) is 1.37. The maximum atomic E-state index is 11.6. The van der Waals surface area contributed by atoms with E-state index in [1.807, 2.05) is 0 Å². The number of primary amides is 1. The maximum Gasteiger partial charge on any atom is 0.328 e. The lowest BCUT2D eigenvalue weighted by Gasteiger charge is -2.21. The molecule has 0 aliphatic carbocycles. The van der Waals surface area contributed by atoms with E-state index in [0.717, 1.165) is 0 Å². The molecule has 0 fully saturated rings. The molecule has 0 aliphatic heterocycles. The molecule has 2 atom stereocenters. The number of nitrogens with one attached hydrogen (secondary N) is 2. The highest BCUT2D eigenvalue weighted by atomic mass is 16.5. The lowest BCUT2D eigenvalue weighted by Crippen LogP contribution is -2.53. The van der Waals surface area contributed by atoms with Crippen molar-refractivity contribution < 1.29 is 29.0 Å². The molecule has 0 bridgehead atoms. The summed E-state index contributed by atoms with van der Waals surface area (Å²) in [5.74, 6) is -3.19. The number of esters is 1. The van der Waals surface area contributed by atoms with Crippen molar-refractivity contribution in [3.8, 4) is 0 Å². The van der Waals surface area contributed by atoms with E-state index in [1.54, 1.807) is 13.8 Å². The molecule has 0 aromatic heterocycles. The number of carbonyl (C=O) groups excluding carboxylic acids is 3. The molecule has 9 heteroatoms. The Morgan fingerprint density at radius 2 is 1.75 bits per heavy atom. The fraction of sp³-hybridized carbons (Fsp3) is 0.636. The number of hydrogen-bond acceptors (Lipinski definition) is 5. The molecule has 0 spiro atoms. The Balaban J connectivity index is 4.68. The van der Waals surface area contributed by atoms with Crippen LogP contribution in [0, 0.1) is 5.92 Å². The van der Waals surface area contributed by atoms with Gasteiger partial charge in [-0.1, -0.05) is 13.8 Å². The van der Waals surface area contributed by atoms with Crippen LogP contribution in [0.4, 0.5) is 4.79 Å². The van der Waals surface area contributed by atoms with Gasteiger partial charge in [-0.05, 0) is 5.92 Å². The number of hydrogen-bond donors (Lipinski definition) is 4. The molecule has 0 saturated heterocycles. The summed E-state index contributed by atoms with van der Waals surface area (Å²) in [7, 11) is 1.17. The molecular weight excluding hydrogens is 270 g/mol. The van der Waals surface area contributed by atoms with Crippen LogP contribution in [0.15, 0.2) is 0 Å². The van der Waals surface area contributed by atoms with Gasteiger partial charge in [-0.15, -0.1) is 0 Å². The predicted molar refractivity (Wildman–Crippen MR) is 67.5 cm³/mol. The minimum Gasteiger partial charge on any atom is -0.480 e. The molecule has 0 aromatic carbocycles. The van der Waals surface area contributed by atoms with Gasteiger partial charge in [-0.3, -0.25) is 4.79 Å². The van der Waals surface area contributed by atoms with Gasteiger partial charge in [0.1, 0.15) is 12.1 Å². The normalized spacial score (nSPS) is 13.2. The van der Waals surface area contributed by atoms with Gasteiger partial charge >= 0.3 is 18.0 Å². The summed E-state index contributed by atoms with van der Waals surface area (Å²) in [4.78, 5) is 44.6. The molecule has 20 heavy (non-hydrogen) atoms. The Morgan fingerprint density at radius 3 is 2.10 bits per heavy atom. The molecular formula is C11H19N3O6. The third-order valence-corrected chi connectivity index (χ3v) is 2.42. The van der Waals surface area contributed by atoms with Gasteiger partial charge in [-0.2, -0.15) is 0 Å². The second kappa shape index (κ2) is 7.97. The number of urea groups is 1. The van der Waals surface area contributed by atoms with Crippen LogP contribution in [0.1, 0.15) is 20.3 Å². The quantitative estimate of drug-likeness (QED) is 0.433. The van der Waals surface area contributed by atoms with Crippen LogP contribution in [0.25, 0.3) is 0 Å². The van der Waals surface area contributed by atoms with E-state index in [9.17, 15) is 19.2 Å². The molecule has 3 amide bonds. The number of carboxylic acid groups (broad SMARTS) is 1. The highest BCUT2D eigenvalue weighted by molar-refractivity contribution is 5.89. The zero-order chi connectivity index (χ0) is 15.9. The van der Waals surface area contributed by atoms with E-state index in [4.69, 9.17) is 10.8 Å². The average molecular weight is 289 g/mol. The SMILES string of the molecule is COC(=O)C(NC(=O)N[C@@H](CC(N)=O)C(=O)O)C(C)C. The number of carbonyl (C=O) groups is 4. The Labute approximate surface area is 115 Å². The lowest BCUT2D eigenvalue weighted by molar-refractivity contribution is -0.144. The maximum absolute atomic E-state index is 11.6. The summed E-state index contributed by atoms with van der Waals surface area (Å²) < 4.78 is 4.52. The second-order valence-corrected chi connectivity index (χ2v) is 4.42. The van der Waals surface area contributed by atoms with Crippen molar-refractivity contribution >= 4 is 23.9 Å². The molecule has 0 aromatic rings. The number of rotatable bonds is 7. The highest BCUT2D eigenvalue weighted by Gasteiger charge is 2.27. The zero-order valence-electron chi connectivity index (χ0n) is 11.5. The zero-order valence-corrected chi connectivity index (χ0v) is 11.5. The number of ether oxygens (including phenoxy) is 1. The number of aliphatic carboxylic acids is 1. The van der Waals surface area contributed by atoms with Gasteiger partial charge in [0.2, 0.25) is 5.91 Å². The third kappa shape index (κ3) is 6.03. The number of nitrogens with two attached hydrogens (primary N) is 1. The summed E-state index contributed by atoms with van der Waals surface area (Å²) in [5, 5.41) is 13.2. The van der Waals surface area contributed by atoms with Crippen LogP contribution in [-0.4, -0.2) is 48.2 Å². The molecule has 5 N–H and O–H groups in total. The summed E-state index contributed by atoms with van der Waals surface area (Å²) in [6.45, 7) is 3.36. The van der Waals surface area contributed by atoms with Gasteiger partial charge in [0.05, 0.1) is 13.5 Å². The first-order valence-corrected chi connectivity index (χ1v) is 5.85. The number of carboxylic acids is 1. The van der Waals surface area contributed by atoms with Gasteiger partial charge in [-0.25, -0.2) is 14.4 Å². The van der Waals surface area contributed by atoms with Crippen molar-refractivity contribution in [3.63, 3.8) is 0 Å². The van der Waals surface area contributed by atoms with Crippen molar-refractivity contribution in [1.29, 1.82) is 0 Å². The van der Waals surface area contributed by atoms with E-state index in [2.05, 4.69) is 15.4 Å². The largest absolute Gasteiger partial charge is 0.480 e. The fourth-order valence-electron chi connectivity index (χ4n) is 1.37. The molecule has 1 unspecified atom stereocenters. The number of methoxy groups -OCH3 is 1. The standard InChI is InChI=1S/C11H19N3O6/c1-5(2)8(10(18)20-3)14-11(19)13-6(9(16)17)4-7(12)15/h5-6,8H,4H2,1-3H3,(H2,12,15)(H,16,17)(H2,13,14,19)/t6-,8?/m0/s1. The smallest absolute Gasteiger partial charge is 0.328 e. The van der Waals surface area contributed by atoms with Gasteiger partial charge < -0.3 is 26.2 Å². The van der Waals surface area contributed by atoms with Crippen molar-refractivity contribution in [1.82, 2.24) is 10.6 Å². The first-order valence-electron chi connectivity index (χ1n) is 5.85. The third-order valence-electron chi connectivity index (χ3n) is 2.42. The molecule has 0 aliphatic rings. The van der Waals surface area contributed by atoms with Gasteiger partial charge in [0, 0.05) is 0 Å². The Kier molecular flexibility index (Phi) is 7.05. The van der Waals surface area contributed by atoms with Crippen LogP contribution < -0.4 is 16.4 Å². The molecule has 0 rings (SSSR count). The molecule has 0 heterocycles. The summed E-state index contributed by atoms with van der Waals surface area (Å²) in [6, 6.07) is -3.29. The monoisotopic (exact) mass is 289 g/mol. The molecule has 0 radical (unpaired) electrons. The van der Waals surface area contributed by atoms with E-state index >= 15 is 0 Å². The first kappa shape index (κ1) is 17.7. The Hall–Kier alpha value is -2.32. The minimum absolute atomic E-state index is 0.257. The van der Waals surface area contributed by atoms with Crippen molar-refractivity contribution in [2.45, 2.75) is 32.4 Å². The average Bonchev–Trinajstić information content (AvgIpc) is 2.33. The van der Waals surface area contributed by atoms with E-state index in [-0.39, 0.29) is 5.92 Å².